The molecule has 4 heteroatoms. The lowest BCUT2D eigenvalue weighted by molar-refractivity contribution is -0.140. The number of methoxy groups -OCH3 is 1. The molecule has 0 aliphatic rings. The SMILES string of the molecule is COC(=O)CCN(C)CCc1sccc1C. The van der Waals surface area contributed by atoms with Crippen LogP contribution in [0.4, 0.5) is 0 Å². The maximum absolute atomic E-state index is 11.0. The standard InChI is InChI=1S/C12H19NO2S/c1-10-6-9-16-11(10)4-7-13(2)8-5-12(14)15-3/h6,9H,4-5,7-8H2,1-3H3. The normalized spacial score (nSPS) is 10.8. The Morgan fingerprint density at radius 2 is 2.25 bits per heavy atom. The van der Waals surface area contributed by atoms with Gasteiger partial charge in [-0.3, -0.25) is 4.79 Å². The van der Waals surface area contributed by atoms with Gasteiger partial charge in [0, 0.05) is 18.0 Å². The highest BCUT2D eigenvalue weighted by atomic mass is 32.1. The van der Waals surface area contributed by atoms with E-state index in [0.717, 1.165) is 19.5 Å². The van der Waals surface area contributed by atoms with E-state index < -0.39 is 0 Å². The van der Waals surface area contributed by atoms with Gasteiger partial charge < -0.3 is 9.64 Å². The van der Waals surface area contributed by atoms with Gasteiger partial charge in [-0.1, -0.05) is 0 Å². The minimum absolute atomic E-state index is 0.140. The van der Waals surface area contributed by atoms with Crippen molar-refractivity contribution in [3.05, 3.63) is 21.9 Å². The van der Waals surface area contributed by atoms with E-state index in [1.807, 2.05) is 7.05 Å². The van der Waals surface area contributed by atoms with Crippen molar-refractivity contribution >= 4 is 17.3 Å². The fourth-order valence-corrected chi connectivity index (χ4v) is 2.35. The van der Waals surface area contributed by atoms with E-state index in [1.165, 1.54) is 17.6 Å². The van der Waals surface area contributed by atoms with Crippen LogP contribution in [0.5, 0.6) is 0 Å². The van der Waals surface area contributed by atoms with Gasteiger partial charge in [-0.2, -0.15) is 0 Å². The summed E-state index contributed by atoms with van der Waals surface area (Å²) in [5, 5.41) is 2.12. The number of ether oxygens (including phenoxy) is 1. The molecule has 0 spiro atoms. The Morgan fingerprint density at radius 1 is 1.50 bits per heavy atom. The molecule has 1 aromatic rings. The van der Waals surface area contributed by atoms with Crippen LogP contribution in [0.3, 0.4) is 0 Å². The highest BCUT2D eigenvalue weighted by Gasteiger charge is 2.05. The van der Waals surface area contributed by atoms with Crippen LogP contribution in [0.2, 0.25) is 0 Å². The number of aryl methyl sites for hydroxylation is 1. The molecule has 0 saturated carbocycles. The Kier molecular flexibility index (Phi) is 5.49. The molecule has 0 aromatic carbocycles. The topological polar surface area (TPSA) is 29.5 Å². The van der Waals surface area contributed by atoms with Crippen molar-refractivity contribution in [2.75, 3.05) is 27.2 Å². The van der Waals surface area contributed by atoms with Crippen LogP contribution in [0, 0.1) is 6.92 Å². The average Bonchev–Trinajstić information content (AvgIpc) is 2.69. The third-order valence-corrected chi connectivity index (χ3v) is 3.70. The lowest BCUT2D eigenvalue weighted by Crippen LogP contribution is -2.24. The minimum atomic E-state index is -0.140. The third kappa shape index (κ3) is 4.33. The molecular weight excluding hydrogens is 222 g/mol. The van der Waals surface area contributed by atoms with E-state index in [1.54, 1.807) is 11.3 Å². The lowest BCUT2D eigenvalue weighted by Gasteiger charge is -2.15. The summed E-state index contributed by atoms with van der Waals surface area (Å²) in [6.07, 6.45) is 1.53. The number of carbonyl (C=O) groups excluding carboxylic acids is 1. The van der Waals surface area contributed by atoms with Crippen molar-refractivity contribution in [2.24, 2.45) is 0 Å². The van der Waals surface area contributed by atoms with Gasteiger partial charge in [0.1, 0.15) is 0 Å². The van der Waals surface area contributed by atoms with Gasteiger partial charge >= 0.3 is 5.97 Å². The van der Waals surface area contributed by atoms with Crippen molar-refractivity contribution in [2.45, 2.75) is 19.8 Å². The zero-order chi connectivity index (χ0) is 12.0. The molecule has 0 fully saturated rings. The predicted octanol–water partition coefficient (Wildman–Crippen LogP) is 2.09. The highest BCUT2D eigenvalue weighted by Crippen LogP contribution is 2.16. The maximum atomic E-state index is 11.0. The quantitative estimate of drug-likeness (QED) is 0.714. The number of carbonyl (C=O) groups is 1. The first-order valence-corrected chi connectivity index (χ1v) is 6.29. The molecule has 0 unspecified atom stereocenters. The van der Waals surface area contributed by atoms with Crippen molar-refractivity contribution in [1.82, 2.24) is 4.90 Å². The second kappa shape index (κ2) is 6.66. The van der Waals surface area contributed by atoms with E-state index in [9.17, 15) is 4.79 Å². The van der Waals surface area contributed by atoms with Gasteiger partial charge in [0.25, 0.3) is 0 Å². The molecule has 1 aromatic heterocycles. The second-order valence-corrected chi connectivity index (χ2v) is 4.91. The van der Waals surface area contributed by atoms with Crippen LogP contribution in [0.1, 0.15) is 16.9 Å². The molecule has 0 aliphatic carbocycles. The minimum Gasteiger partial charge on any atom is -0.469 e. The number of nitrogens with zero attached hydrogens (tertiary/aromatic N) is 1. The fourth-order valence-electron chi connectivity index (χ4n) is 1.45. The van der Waals surface area contributed by atoms with Gasteiger partial charge in [-0.25, -0.2) is 0 Å². The smallest absolute Gasteiger partial charge is 0.306 e. The fraction of sp³-hybridized carbons (Fsp3) is 0.583. The zero-order valence-corrected chi connectivity index (χ0v) is 11.0. The maximum Gasteiger partial charge on any atom is 0.306 e. The zero-order valence-electron chi connectivity index (χ0n) is 10.2. The molecule has 0 N–H and O–H groups in total. The van der Waals surface area contributed by atoms with E-state index in [0.29, 0.717) is 6.42 Å². The summed E-state index contributed by atoms with van der Waals surface area (Å²) in [6.45, 7) is 3.88. The van der Waals surface area contributed by atoms with Crippen LogP contribution >= 0.6 is 11.3 Å². The van der Waals surface area contributed by atoms with E-state index in [4.69, 9.17) is 0 Å². The molecule has 0 atom stereocenters. The van der Waals surface area contributed by atoms with E-state index in [2.05, 4.69) is 28.0 Å². The Labute approximate surface area is 101 Å². The number of hydrogen-bond donors (Lipinski definition) is 0. The van der Waals surface area contributed by atoms with Crippen LogP contribution in [0.25, 0.3) is 0 Å². The molecule has 0 amide bonds. The molecule has 0 saturated heterocycles. The second-order valence-electron chi connectivity index (χ2n) is 3.91. The summed E-state index contributed by atoms with van der Waals surface area (Å²) < 4.78 is 4.61. The van der Waals surface area contributed by atoms with Crippen molar-refractivity contribution in [3.8, 4) is 0 Å². The number of likely N-dealkylation sites (N-methyl/N-ethyl adjacent to an activating group) is 1. The molecule has 0 aliphatic heterocycles. The van der Waals surface area contributed by atoms with Gasteiger partial charge in [-0.05, 0) is 37.4 Å². The third-order valence-electron chi connectivity index (χ3n) is 2.61. The van der Waals surface area contributed by atoms with Crippen molar-refractivity contribution < 1.29 is 9.53 Å². The Morgan fingerprint density at radius 3 is 2.81 bits per heavy atom. The Bertz CT molecular complexity index is 336. The van der Waals surface area contributed by atoms with E-state index >= 15 is 0 Å². The Hall–Kier alpha value is -0.870. The first-order chi connectivity index (χ1) is 7.63. The molecular formula is C12H19NO2S. The largest absolute Gasteiger partial charge is 0.469 e. The first-order valence-electron chi connectivity index (χ1n) is 5.42. The number of thiophene rings is 1. The van der Waals surface area contributed by atoms with Crippen LogP contribution in [-0.2, 0) is 16.0 Å². The first kappa shape index (κ1) is 13.2. The molecule has 0 radical (unpaired) electrons. The van der Waals surface area contributed by atoms with Crippen LogP contribution in [0.15, 0.2) is 11.4 Å². The monoisotopic (exact) mass is 241 g/mol. The summed E-state index contributed by atoms with van der Waals surface area (Å²) in [4.78, 5) is 14.6. The average molecular weight is 241 g/mol. The summed E-state index contributed by atoms with van der Waals surface area (Å²) >= 11 is 1.80. The summed E-state index contributed by atoms with van der Waals surface area (Å²) in [5.41, 5.74) is 1.37. The molecule has 3 nitrogen and oxygen atoms in total. The molecule has 16 heavy (non-hydrogen) atoms. The summed E-state index contributed by atoms with van der Waals surface area (Å²) in [5.74, 6) is -0.140. The van der Waals surface area contributed by atoms with Crippen LogP contribution < -0.4 is 0 Å². The molecule has 1 rings (SSSR count). The number of rotatable bonds is 6. The van der Waals surface area contributed by atoms with Gasteiger partial charge in [0.05, 0.1) is 13.5 Å². The summed E-state index contributed by atoms with van der Waals surface area (Å²) in [7, 11) is 3.46. The van der Waals surface area contributed by atoms with Crippen molar-refractivity contribution in [1.29, 1.82) is 0 Å². The van der Waals surface area contributed by atoms with Gasteiger partial charge in [0.15, 0.2) is 0 Å². The van der Waals surface area contributed by atoms with E-state index in [-0.39, 0.29) is 5.97 Å². The number of esters is 1. The number of hydrogen-bond acceptors (Lipinski definition) is 4. The highest BCUT2D eigenvalue weighted by molar-refractivity contribution is 7.10. The predicted molar refractivity (Wildman–Crippen MR) is 66.9 cm³/mol. The summed E-state index contributed by atoms with van der Waals surface area (Å²) in [6, 6.07) is 2.15. The molecule has 0 bridgehead atoms. The molecule has 1 heterocycles. The van der Waals surface area contributed by atoms with Crippen LogP contribution in [-0.4, -0.2) is 38.1 Å². The lowest BCUT2D eigenvalue weighted by atomic mass is 10.2. The van der Waals surface area contributed by atoms with Gasteiger partial charge in [0.2, 0.25) is 0 Å². The molecule has 90 valence electrons. The Balaban J connectivity index is 2.22. The van der Waals surface area contributed by atoms with Crippen molar-refractivity contribution in [3.63, 3.8) is 0 Å². The van der Waals surface area contributed by atoms with Gasteiger partial charge in [-0.15, -0.1) is 11.3 Å².